The van der Waals surface area contributed by atoms with Gasteiger partial charge in [-0.1, -0.05) is 35.3 Å². The summed E-state index contributed by atoms with van der Waals surface area (Å²) in [6.07, 6.45) is 0.465. The molecule has 3 amide bonds. The first kappa shape index (κ1) is 28.4. The monoisotopic (exact) mass is 590 g/mol. The number of carboxylic acids is 1. The highest BCUT2D eigenvalue weighted by Crippen LogP contribution is 2.40. The second-order valence-corrected chi connectivity index (χ2v) is 10.6. The normalized spacial score (nSPS) is 15.7. The van der Waals surface area contributed by atoms with Crippen LogP contribution in [0.2, 0.25) is 10.0 Å². The molecule has 1 aromatic heterocycles. The van der Waals surface area contributed by atoms with Gasteiger partial charge in [-0.15, -0.1) is 11.3 Å². The molecule has 13 heteroatoms. The quantitative estimate of drug-likeness (QED) is 0.213. The van der Waals surface area contributed by atoms with Crippen molar-refractivity contribution in [3.05, 3.63) is 74.4 Å². The summed E-state index contributed by atoms with van der Waals surface area (Å²) in [7, 11) is 0. The number of phenolic OH excluding ortho intramolecular Hbond substituents is 1. The van der Waals surface area contributed by atoms with E-state index in [1.54, 1.807) is 35.6 Å². The number of carboxylic acid groups (broad SMARTS) is 1. The molecule has 10 nitrogen and oxygen atoms in total. The number of hydrazine groups is 1. The lowest BCUT2D eigenvalue weighted by Gasteiger charge is -2.33. The van der Waals surface area contributed by atoms with Crippen LogP contribution in [0.15, 0.2) is 53.9 Å². The molecule has 3 aromatic rings. The van der Waals surface area contributed by atoms with Gasteiger partial charge in [0.1, 0.15) is 5.75 Å². The molecule has 1 saturated heterocycles. The fourth-order valence-electron chi connectivity index (χ4n) is 4.51. The van der Waals surface area contributed by atoms with E-state index < -0.39 is 30.2 Å². The van der Waals surface area contributed by atoms with Crippen molar-refractivity contribution in [1.82, 2.24) is 10.3 Å². The molecule has 2 aromatic carbocycles. The maximum absolute atomic E-state index is 13.1. The molecule has 0 saturated carbocycles. The van der Waals surface area contributed by atoms with Gasteiger partial charge in [-0.25, -0.2) is 10.4 Å². The topological polar surface area (TPSA) is 130 Å². The van der Waals surface area contributed by atoms with Gasteiger partial charge in [0.15, 0.2) is 0 Å². The maximum atomic E-state index is 13.1. The smallest absolute Gasteiger partial charge is 0.305 e. The van der Waals surface area contributed by atoms with E-state index in [9.17, 15) is 29.4 Å². The van der Waals surface area contributed by atoms with Crippen LogP contribution in [0.3, 0.4) is 0 Å². The predicted octanol–water partition coefficient (Wildman–Crippen LogP) is 4.21. The average molecular weight is 591 g/mol. The predicted molar refractivity (Wildman–Crippen MR) is 148 cm³/mol. The van der Waals surface area contributed by atoms with Gasteiger partial charge in [0.05, 0.1) is 29.2 Å². The molecule has 2 atom stereocenters. The molecule has 1 aliphatic heterocycles. The third-order valence-electron chi connectivity index (χ3n) is 6.32. The lowest BCUT2D eigenvalue weighted by Crippen LogP contribution is -2.40. The van der Waals surface area contributed by atoms with E-state index in [-0.39, 0.29) is 34.5 Å². The van der Waals surface area contributed by atoms with Crippen LogP contribution in [-0.2, 0) is 25.7 Å². The molecule has 39 heavy (non-hydrogen) atoms. The minimum atomic E-state index is -1.22. The van der Waals surface area contributed by atoms with E-state index in [0.29, 0.717) is 30.7 Å². The van der Waals surface area contributed by atoms with Crippen LogP contribution < -0.4 is 15.3 Å². The van der Waals surface area contributed by atoms with Gasteiger partial charge in [0.2, 0.25) is 18.7 Å². The number of nitrogens with one attached hydrogen (secondary N) is 1. The molecule has 0 bridgehead atoms. The van der Waals surface area contributed by atoms with Gasteiger partial charge in [-0.05, 0) is 41.8 Å². The largest absolute Gasteiger partial charge is 0.506 e. The Bertz CT molecular complexity index is 1370. The third-order valence-corrected chi connectivity index (χ3v) is 7.70. The Hall–Kier alpha value is -3.64. The van der Waals surface area contributed by atoms with Crippen LogP contribution in [0.5, 0.6) is 5.75 Å². The minimum absolute atomic E-state index is 0.0633. The second-order valence-electron chi connectivity index (χ2n) is 8.76. The lowest BCUT2D eigenvalue weighted by atomic mass is 9.99. The van der Waals surface area contributed by atoms with Crippen molar-refractivity contribution in [2.75, 3.05) is 16.5 Å². The van der Waals surface area contributed by atoms with Crippen molar-refractivity contribution in [3.8, 4) is 5.75 Å². The van der Waals surface area contributed by atoms with Gasteiger partial charge < -0.3 is 20.0 Å². The van der Waals surface area contributed by atoms with Crippen LogP contribution in [-0.4, -0.2) is 52.4 Å². The van der Waals surface area contributed by atoms with Gasteiger partial charge in [0, 0.05) is 40.7 Å². The highest BCUT2D eigenvalue weighted by atomic mass is 35.5. The first-order valence-corrected chi connectivity index (χ1v) is 13.4. The molecular weight excluding hydrogens is 567 g/mol. The molecule has 4 rings (SSSR count). The summed E-state index contributed by atoms with van der Waals surface area (Å²) in [6.45, 7) is 0.501. The van der Waals surface area contributed by atoms with Crippen molar-refractivity contribution < 1.29 is 29.4 Å². The number of carbonyl (C=O) groups is 4. The van der Waals surface area contributed by atoms with E-state index in [1.807, 2.05) is 17.5 Å². The van der Waals surface area contributed by atoms with E-state index in [0.717, 1.165) is 4.88 Å². The van der Waals surface area contributed by atoms with Crippen LogP contribution in [0, 0.1) is 0 Å². The molecule has 0 spiro atoms. The number of aromatic hydroxyl groups is 1. The van der Waals surface area contributed by atoms with Crippen molar-refractivity contribution in [2.45, 2.75) is 31.5 Å². The number of benzene rings is 2. The van der Waals surface area contributed by atoms with Crippen molar-refractivity contribution >= 4 is 70.6 Å². The molecule has 204 valence electrons. The zero-order valence-electron chi connectivity index (χ0n) is 20.4. The summed E-state index contributed by atoms with van der Waals surface area (Å²) in [6, 6.07) is 11.4. The van der Waals surface area contributed by atoms with Gasteiger partial charge in [0.25, 0.3) is 0 Å². The van der Waals surface area contributed by atoms with Crippen molar-refractivity contribution in [3.63, 3.8) is 0 Å². The zero-order chi connectivity index (χ0) is 28.1. The highest BCUT2D eigenvalue weighted by molar-refractivity contribution is 7.09. The van der Waals surface area contributed by atoms with Crippen LogP contribution in [0.1, 0.15) is 29.3 Å². The first-order chi connectivity index (χ1) is 18.7. The summed E-state index contributed by atoms with van der Waals surface area (Å²) < 4.78 is 0. The molecule has 2 unspecified atom stereocenters. The second kappa shape index (κ2) is 12.5. The highest BCUT2D eigenvalue weighted by Gasteiger charge is 2.39. The fourth-order valence-corrected chi connectivity index (χ4v) is 5.66. The Morgan fingerprint density at radius 2 is 1.97 bits per heavy atom. The number of rotatable bonds is 12. The number of hydrogen-bond acceptors (Lipinski definition) is 7. The number of amides is 3. The standard InChI is InChI=1S/C26H24Cl2N4O6S/c27-16-7-21(26(38)22(28)8-16)23(11-25(36)37)31(14-33)19-10-24(35)30(13-19)17-3-1-4-18(9-17)32(15-34)29-12-20-5-2-6-39-20/h1-9,14-15,19,23,29,38H,10-13H2,(H,36,37). The number of halogens is 2. The average Bonchev–Trinajstić information content (AvgIpc) is 3.56. The number of nitrogens with zero attached hydrogens (tertiary/aromatic N) is 3. The van der Waals surface area contributed by atoms with Crippen LogP contribution >= 0.6 is 34.5 Å². The minimum Gasteiger partial charge on any atom is -0.506 e. The molecule has 1 aliphatic rings. The lowest BCUT2D eigenvalue weighted by molar-refractivity contribution is -0.139. The molecule has 2 heterocycles. The summed E-state index contributed by atoms with van der Waals surface area (Å²) >= 11 is 13.7. The summed E-state index contributed by atoms with van der Waals surface area (Å²) in [5, 5.41) is 23.4. The Morgan fingerprint density at radius 1 is 1.18 bits per heavy atom. The Labute approximate surface area is 237 Å². The van der Waals surface area contributed by atoms with E-state index >= 15 is 0 Å². The molecule has 3 N–H and O–H groups in total. The molecule has 0 radical (unpaired) electrons. The van der Waals surface area contributed by atoms with Crippen LogP contribution in [0.25, 0.3) is 0 Å². The molecule has 1 fully saturated rings. The number of aliphatic carboxylic acids is 1. The van der Waals surface area contributed by atoms with Crippen molar-refractivity contribution in [1.29, 1.82) is 0 Å². The van der Waals surface area contributed by atoms with Crippen LogP contribution in [0.4, 0.5) is 11.4 Å². The number of phenols is 1. The van der Waals surface area contributed by atoms with E-state index in [2.05, 4.69) is 5.43 Å². The van der Waals surface area contributed by atoms with Gasteiger partial charge in [-0.2, -0.15) is 0 Å². The van der Waals surface area contributed by atoms with Gasteiger partial charge in [-0.3, -0.25) is 19.2 Å². The SMILES string of the molecule is O=CN(NCc1cccs1)c1cccc(N2CC(N(C=O)C(CC(=O)O)c3cc(Cl)cc(Cl)c3O)CC2=O)c1. The fraction of sp³-hybridized carbons (Fsp3) is 0.231. The maximum Gasteiger partial charge on any atom is 0.305 e. The number of thiophene rings is 1. The van der Waals surface area contributed by atoms with Gasteiger partial charge >= 0.3 is 5.97 Å². The number of carbonyl (C=O) groups excluding carboxylic acids is 3. The van der Waals surface area contributed by atoms with Crippen molar-refractivity contribution in [2.24, 2.45) is 0 Å². The number of hydrogen-bond donors (Lipinski definition) is 3. The van der Waals surface area contributed by atoms with E-state index in [4.69, 9.17) is 23.2 Å². The Balaban J connectivity index is 1.57. The molecular formula is C26H24Cl2N4O6S. The number of anilines is 2. The summed E-state index contributed by atoms with van der Waals surface area (Å²) in [4.78, 5) is 52.5. The summed E-state index contributed by atoms with van der Waals surface area (Å²) in [5.41, 5.74) is 4.10. The molecule has 0 aliphatic carbocycles. The third kappa shape index (κ3) is 6.51. The zero-order valence-corrected chi connectivity index (χ0v) is 22.7. The Morgan fingerprint density at radius 3 is 2.64 bits per heavy atom. The first-order valence-electron chi connectivity index (χ1n) is 11.7. The summed E-state index contributed by atoms with van der Waals surface area (Å²) in [5.74, 6) is -1.91. The van der Waals surface area contributed by atoms with E-state index in [1.165, 1.54) is 26.9 Å². The Kier molecular flexibility index (Phi) is 9.08.